The van der Waals surface area contributed by atoms with E-state index in [1.165, 1.54) is 11.8 Å². The van der Waals surface area contributed by atoms with Crippen molar-refractivity contribution in [2.24, 2.45) is 0 Å². The molecule has 0 aliphatic heterocycles. The van der Waals surface area contributed by atoms with E-state index in [1.54, 1.807) is 6.08 Å². The molecule has 3 aromatic carbocycles. The summed E-state index contributed by atoms with van der Waals surface area (Å²) in [6.45, 7) is 0.763. The van der Waals surface area contributed by atoms with E-state index in [9.17, 15) is 0 Å². The SMILES string of the molecule is N=C/C=C\c1ccc2c(NCc3ccccc3)c3ccccc3nc2c1. The predicted molar refractivity (Wildman–Crippen MR) is 111 cm³/mol. The Bertz CT molecular complexity index is 1100. The van der Waals surface area contributed by atoms with Gasteiger partial charge in [-0.15, -0.1) is 0 Å². The van der Waals surface area contributed by atoms with Crippen LogP contribution in [-0.4, -0.2) is 11.2 Å². The molecule has 0 saturated carbocycles. The Morgan fingerprint density at radius 3 is 2.46 bits per heavy atom. The van der Waals surface area contributed by atoms with Crippen molar-refractivity contribution >= 4 is 39.8 Å². The van der Waals surface area contributed by atoms with Crippen LogP contribution in [0.2, 0.25) is 0 Å². The van der Waals surface area contributed by atoms with Crippen LogP contribution in [0.4, 0.5) is 5.69 Å². The molecule has 26 heavy (non-hydrogen) atoms. The third-order valence-electron chi connectivity index (χ3n) is 4.40. The van der Waals surface area contributed by atoms with Gasteiger partial charge in [0.15, 0.2) is 0 Å². The van der Waals surface area contributed by atoms with E-state index in [-0.39, 0.29) is 0 Å². The fourth-order valence-electron chi connectivity index (χ4n) is 3.15. The topological polar surface area (TPSA) is 48.8 Å². The van der Waals surface area contributed by atoms with Gasteiger partial charge in [0.1, 0.15) is 0 Å². The van der Waals surface area contributed by atoms with E-state index >= 15 is 0 Å². The number of hydrogen-bond donors (Lipinski definition) is 2. The molecule has 1 heterocycles. The number of hydrogen-bond acceptors (Lipinski definition) is 3. The smallest absolute Gasteiger partial charge is 0.0736 e. The van der Waals surface area contributed by atoms with Gasteiger partial charge in [-0.3, -0.25) is 0 Å². The second kappa shape index (κ2) is 7.19. The lowest BCUT2D eigenvalue weighted by Gasteiger charge is -2.14. The molecular weight excluding hydrogens is 318 g/mol. The van der Waals surface area contributed by atoms with Crippen molar-refractivity contribution in [3.63, 3.8) is 0 Å². The summed E-state index contributed by atoms with van der Waals surface area (Å²) in [5.41, 5.74) is 5.32. The van der Waals surface area contributed by atoms with Crippen molar-refractivity contribution in [2.75, 3.05) is 5.32 Å². The number of aromatic nitrogens is 1. The summed E-state index contributed by atoms with van der Waals surface area (Å²) in [7, 11) is 0. The van der Waals surface area contributed by atoms with Gasteiger partial charge in [-0.05, 0) is 29.3 Å². The van der Waals surface area contributed by atoms with Crippen LogP contribution in [-0.2, 0) is 6.54 Å². The number of benzene rings is 3. The number of nitrogens with one attached hydrogen (secondary N) is 2. The van der Waals surface area contributed by atoms with Crippen molar-refractivity contribution < 1.29 is 0 Å². The van der Waals surface area contributed by atoms with Crippen LogP contribution < -0.4 is 5.32 Å². The molecule has 0 spiro atoms. The zero-order valence-electron chi connectivity index (χ0n) is 14.3. The highest BCUT2D eigenvalue weighted by molar-refractivity contribution is 6.07. The number of anilines is 1. The van der Waals surface area contributed by atoms with Gasteiger partial charge >= 0.3 is 0 Å². The average molecular weight is 337 g/mol. The Labute approximate surface area is 152 Å². The molecule has 0 aliphatic rings. The highest BCUT2D eigenvalue weighted by atomic mass is 14.9. The fourth-order valence-corrected chi connectivity index (χ4v) is 3.15. The van der Waals surface area contributed by atoms with Gasteiger partial charge in [-0.25, -0.2) is 4.98 Å². The van der Waals surface area contributed by atoms with Crippen LogP contribution in [0.3, 0.4) is 0 Å². The number of fused-ring (bicyclic) bond motifs is 2. The first kappa shape index (κ1) is 16.0. The first-order chi connectivity index (χ1) is 12.8. The lowest BCUT2D eigenvalue weighted by atomic mass is 10.0. The van der Waals surface area contributed by atoms with Gasteiger partial charge in [0.2, 0.25) is 0 Å². The average Bonchev–Trinajstić information content (AvgIpc) is 2.70. The van der Waals surface area contributed by atoms with Crippen LogP contribution in [0, 0.1) is 5.41 Å². The fraction of sp³-hybridized carbons (Fsp3) is 0.0435. The highest BCUT2D eigenvalue weighted by Crippen LogP contribution is 2.31. The second-order valence-electron chi connectivity index (χ2n) is 6.15. The van der Waals surface area contributed by atoms with E-state index < -0.39 is 0 Å². The maximum Gasteiger partial charge on any atom is 0.0736 e. The van der Waals surface area contributed by atoms with Crippen molar-refractivity contribution in [1.82, 2.24) is 4.98 Å². The molecule has 3 nitrogen and oxygen atoms in total. The van der Waals surface area contributed by atoms with Gasteiger partial charge in [0, 0.05) is 23.5 Å². The summed E-state index contributed by atoms with van der Waals surface area (Å²) in [6.07, 6.45) is 4.92. The number of nitrogens with zero attached hydrogens (tertiary/aromatic N) is 1. The zero-order valence-corrected chi connectivity index (χ0v) is 14.3. The van der Waals surface area contributed by atoms with Gasteiger partial charge in [0.25, 0.3) is 0 Å². The lowest BCUT2D eigenvalue weighted by Crippen LogP contribution is -2.01. The van der Waals surface area contributed by atoms with E-state index in [1.807, 2.05) is 30.3 Å². The van der Waals surface area contributed by atoms with Crippen LogP contribution in [0.5, 0.6) is 0 Å². The van der Waals surface area contributed by atoms with Crippen LogP contribution in [0.1, 0.15) is 11.1 Å². The lowest BCUT2D eigenvalue weighted by molar-refractivity contribution is 1.16. The zero-order chi connectivity index (χ0) is 17.8. The summed E-state index contributed by atoms with van der Waals surface area (Å²) in [6, 6.07) is 24.8. The third kappa shape index (κ3) is 3.20. The van der Waals surface area contributed by atoms with Crippen LogP contribution in [0.15, 0.2) is 78.9 Å². The molecule has 0 unspecified atom stereocenters. The maximum atomic E-state index is 7.16. The third-order valence-corrected chi connectivity index (χ3v) is 4.40. The Kier molecular flexibility index (Phi) is 4.44. The van der Waals surface area contributed by atoms with Crippen LogP contribution >= 0.6 is 0 Å². The quantitative estimate of drug-likeness (QED) is 0.364. The summed E-state index contributed by atoms with van der Waals surface area (Å²) in [5.74, 6) is 0. The van der Waals surface area contributed by atoms with Gasteiger partial charge in [0.05, 0.1) is 16.7 Å². The molecule has 0 saturated heterocycles. The Hall–Kier alpha value is -3.46. The maximum absolute atomic E-state index is 7.16. The van der Waals surface area contributed by atoms with Crippen molar-refractivity contribution in [3.05, 3.63) is 90.0 Å². The van der Waals surface area contributed by atoms with Gasteiger partial charge < -0.3 is 10.7 Å². The Morgan fingerprint density at radius 1 is 0.846 bits per heavy atom. The number of allylic oxidation sites excluding steroid dienone is 1. The Balaban J connectivity index is 1.83. The molecule has 0 aliphatic carbocycles. The van der Waals surface area contributed by atoms with Crippen molar-refractivity contribution in [3.8, 4) is 0 Å². The minimum atomic E-state index is 0.763. The van der Waals surface area contributed by atoms with Gasteiger partial charge in [-0.1, -0.05) is 66.7 Å². The first-order valence-electron chi connectivity index (χ1n) is 8.62. The van der Waals surface area contributed by atoms with Crippen molar-refractivity contribution in [1.29, 1.82) is 5.41 Å². The van der Waals surface area contributed by atoms with Crippen LogP contribution in [0.25, 0.3) is 27.9 Å². The summed E-state index contributed by atoms with van der Waals surface area (Å²) in [5, 5.41) is 13.0. The molecule has 0 fully saturated rings. The number of rotatable bonds is 5. The van der Waals surface area contributed by atoms with Gasteiger partial charge in [-0.2, -0.15) is 0 Å². The van der Waals surface area contributed by atoms with E-state index in [0.29, 0.717) is 0 Å². The molecule has 0 atom stereocenters. The Morgan fingerprint density at radius 2 is 1.62 bits per heavy atom. The molecule has 0 radical (unpaired) electrons. The molecule has 126 valence electrons. The minimum Gasteiger partial charge on any atom is -0.380 e. The second-order valence-corrected chi connectivity index (χ2v) is 6.15. The van der Waals surface area contributed by atoms with E-state index in [4.69, 9.17) is 10.4 Å². The summed E-state index contributed by atoms with van der Waals surface area (Å²) in [4.78, 5) is 4.83. The summed E-state index contributed by atoms with van der Waals surface area (Å²) >= 11 is 0. The first-order valence-corrected chi connectivity index (χ1v) is 8.62. The molecule has 3 heteroatoms. The standard InChI is InChI=1S/C23H19N3/c24-14-6-9-17-12-13-20-22(15-17)26-21-11-5-4-10-19(21)23(20)25-16-18-7-2-1-3-8-18/h1-15,24H,16H2,(H,25,26)/b9-6-,24-14?. The van der Waals surface area contributed by atoms with E-state index in [2.05, 4.69) is 53.8 Å². The van der Waals surface area contributed by atoms with Crippen molar-refractivity contribution in [2.45, 2.75) is 6.54 Å². The molecule has 4 aromatic rings. The largest absolute Gasteiger partial charge is 0.380 e. The monoisotopic (exact) mass is 337 g/mol. The molecular formula is C23H19N3. The summed E-state index contributed by atoms with van der Waals surface area (Å²) < 4.78 is 0. The molecule has 0 bridgehead atoms. The molecule has 4 rings (SSSR count). The predicted octanol–water partition coefficient (Wildman–Crippen LogP) is 5.66. The van der Waals surface area contributed by atoms with E-state index in [0.717, 1.165) is 39.6 Å². The molecule has 1 aromatic heterocycles. The normalized spacial score (nSPS) is 11.2. The molecule has 2 N–H and O–H groups in total. The molecule has 0 amide bonds. The number of pyridine rings is 1. The number of para-hydroxylation sites is 1. The minimum absolute atomic E-state index is 0.763. The highest BCUT2D eigenvalue weighted by Gasteiger charge is 2.09.